The van der Waals surface area contributed by atoms with Crippen molar-refractivity contribution >= 4 is 32.3 Å². The highest BCUT2D eigenvalue weighted by molar-refractivity contribution is 7.89. The number of anilines is 2. The molecule has 0 atom stereocenters. The molecule has 1 saturated carbocycles. The minimum Gasteiger partial charge on any atom is -0.495 e. The van der Waals surface area contributed by atoms with Crippen molar-refractivity contribution in [3.63, 3.8) is 0 Å². The van der Waals surface area contributed by atoms with Crippen LogP contribution in [0.15, 0.2) is 47.4 Å². The zero-order valence-electron chi connectivity index (χ0n) is 23.5. The van der Waals surface area contributed by atoms with Crippen LogP contribution in [-0.2, 0) is 16.6 Å². The summed E-state index contributed by atoms with van der Waals surface area (Å²) in [7, 11) is -2.51. The zero-order valence-corrected chi connectivity index (χ0v) is 24.3. The summed E-state index contributed by atoms with van der Waals surface area (Å²) in [6.45, 7) is 1.31. The van der Waals surface area contributed by atoms with E-state index in [1.807, 2.05) is 6.07 Å². The molecule has 2 aromatic carbocycles. The molecule has 3 aromatic rings. The van der Waals surface area contributed by atoms with Crippen LogP contribution in [0.4, 0.5) is 24.5 Å². The third-order valence-electron chi connectivity index (χ3n) is 8.08. The van der Waals surface area contributed by atoms with Crippen LogP contribution in [0.2, 0.25) is 0 Å². The third-order valence-corrected chi connectivity index (χ3v) is 8.99. The molecule has 4 N–H and O–H groups in total. The summed E-state index contributed by atoms with van der Waals surface area (Å²) in [5, 5.41) is 12.5. The summed E-state index contributed by atoms with van der Waals surface area (Å²) >= 11 is 0. The molecule has 42 heavy (non-hydrogen) atoms. The van der Waals surface area contributed by atoms with Crippen molar-refractivity contribution in [2.75, 3.05) is 37.4 Å². The van der Waals surface area contributed by atoms with Crippen LogP contribution in [0.25, 0.3) is 10.9 Å². The fraction of sp³-hybridized carbons (Fsp3) is 0.467. The Labute approximate surface area is 244 Å². The Hall–Kier alpha value is -3.40. The van der Waals surface area contributed by atoms with Gasteiger partial charge in [-0.05, 0) is 87.9 Å². The van der Waals surface area contributed by atoms with Crippen molar-refractivity contribution in [1.82, 2.24) is 9.47 Å². The van der Waals surface area contributed by atoms with Gasteiger partial charge in [0.05, 0.1) is 35.4 Å². The van der Waals surface area contributed by atoms with E-state index in [1.165, 1.54) is 55.8 Å². The number of primary sulfonamides is 1. The van der Waals surface area contributed by atoms with E-state index in [0.29, 0.717) is 22.6 Å². The average molecular weight is 604 g/mol. The molecule has 226 valence electrons. The van der Waals surface area contributed by atoms with E-state index >= 15 is 0 Å². The van der Waals surface area contributed by atoms with Crippen LogP contribution in [0.5, 0.6) is 5.75 Å². The fourth-order valence-corrected chi connectivity index (χ4v) is 6.57. The number of ether oxygens (including phenoxy) is 1. The predicted octanol–water partition coefficient (Wildman–Crippen LogP) is 5.14. The number of benzene rings is 2. The molecule has 12 heteroatoms. The van der Waals surface area contributed by atoms with Gasteiger partial charge in [0.15, 0.2) is 0 Å². The number of nitrogens with one attached hydrogen (secondary N) is 2. The van der Waals surface area contributed by atoms with Crippen LogP contribution in [0.3, 0.4) is 0 Å². The Balaban J connectivity index is 1.34. The Morgan fingerprint density at radius 3 is 2.45 bits per heavy atom. The molecule has 1 aliphatic carbocycles. The Bertz CT molecular complexity index is 1580. The molecule has 0 unspecified atom stereocenters. The van der Waals surface area contributed by atoms with Gasteiger partial charge in [0.25, 0.3) is 0 Å². The predicted molar refractivity (Wildman–Crippen MR) is 158 cm³/mol. The summed E-state index contributed by atoms with van der Waals surface area (Å²) in [5.74, 6) is 6.04. The van der Waals surface area contributed by atoms with Gasteiger partial charge in [-0.25, -0.2) is 13.6 Å². The lowest BCUT2D eigenvalue weighted by atomic mass is 9.90. The molecule has 1 aromatic heterocycles. The highest BCUT2D eigenvalue weighted by Crippen LogP contribution is 2.33. The van der Waals surface area contributed by atoms with Crippen molar-refractivity contribution in [3.05, 3.63) is 48.2 Å². The third kappa shape index (κ3) is 7.14. The summed E-state index contributed by atoms with van der Waals surface area (Å²) in [4.78, 5) is 2.50. The summed E-state index contributed by atoms with van der Waals surface area (Å²) in [6.07, 6.45) is 2.44. The zero-order chi connectivity index (χ0) is 29.9. The summed E-state index contributed by atoms with van der Waals surface area (Å²) in [5.41, 5.74) is 2.02. The minimum absolute atomic E-state index is 0.0873. The van der Waals surface area contributed by atoms with E-state index in [1.54, 1.807) is 18.2 Å². The monoisotopic (exact) mass is 603 g/mol. The molecule has 2 fully saturated rings. The molecule has 2 aliphatic rings. The highest BCUT2D eigenvalue weighted by Gasteiger charge is 2.31. The van der Waals surface area contributed by atoms with Gasteiger partial charge < -0.3 is 24.8 Å². The molecular weight excluding hydrogens is 567 g/mol. The summed E-state index contributed by atoms with van der Waals surface area (Å²) in [6, 6.07) is 12.1. The highest BCUT2D eigenvalue weighted by atomic mass is 32.2. The lowest BCUT2D eigenvalue weighted by molar-refractivity contribution is -0.140. The van der Waals surface area contributed by atoms with E-state index < -0.39 is 22.7 Å². The SMILES string of the molecule is COc1cc(S(N)(=O)=O)ccc1NCC#Cc1cc2c(N[C@H]3CC[C@@H](N4CCCC4)CC3)cccc2n1CC(F)(F)F. The summed E-state index contributed by atoms with van der Waals surface area (Å²) < 4.78 is 70.5. The molecule has 0 spiro atoms. The maximum atomic E-state index is 13.6. The van der Waals surface area contributed by atoms with Crippen LogP contribution in [0, 0.1) is 11.8 Å². The maximum Gasteiger partial charge on any atom is 0.406 e. The molecule has 0 radical (unpaired) electrons. The number of likely N-dealkylation sites (tertiary alicyclic amines) is 1. The van der Waals surface area contributed by atoms with Crippen LogP contribution in [-0.4, -0.2) is 62.9 Å². The van der Waals surface area contributed by atoms with Crippen LogP contribution >= 0.6 is 0 Å². The number of halogens is 3. The number of hydrogen-bond acceptors (Lipinski definition) is 6. The van der Waals surface area contributed by atoms with E-state index in [9.17, 15) is 21.6 Å². The Morgan fingerprint density at radius 2 is 1.79 bits per heavy atom. The number of hydrogen-bond donors (Lipinski definition) is 3. The lowest BCUT2D eigenvalue weighted by Crippen LogP contribution is -2.38. The van der Waals surface area contributed by atoms with Gasteiger partial charge in [0.1, 0.15) is 12.3 Å². The molecule has 0 bridgehead atoms. The molecule has 8 nitrogen and oxygen atoms in total. The second kappa shape index (κ2) is 12.5. The quantitative estimate of drug-likeness (QED) is 0.308. The normalized spacial score (nSPS) is 19.8. The van der Waals surface area contributed by atoms with Crippen molar-refractivity contribution in [2.24, 2.45) is 5.14 Å². The first-order valence-electron chi connectivity index (χ1n) is 14.1. The molecule has 2 heterocycles. The van der Waals surface area contributed by atoms with Gasteiger partial charge >= 0.3 is 6.18 Å². The smallest absolute Gasteiger partial charge is 0.406 e. The second-order valence-corrected chi connectivity index (χ2v) is 12.5. The first-order valence-corrected chi connectivity index (χ1v) is 15.7. The maximum absolute atomic E-state index is 13.6. The molecule has 1 aliphatic heterocycles. The number of nitrogens with zero attached hydrogens (tertiary/aromatic N) is 2. The van der Waals surface area contributed by atoms with Crippen LogP contribution in [0.1, 0.15) is 44.2 Å². The number of rotatable bonds is 8. The van der Waals surface area contributed by atoms with E-state index in [-0.39, 0.29) is 28.9 Å². The number of aromatic nitrogens is 1. The van der Waals surface area contributed by atoms with Gasteiger partial charge in [-0.15, -0.1) is 0 Å². The molecule has 5 rings (SSSR count). The Kier molecular flexibility index (Phi) is 8.92. The van der Waals surface area contributed by atoms with Crippen molar-refractivity contribution in [1.29, 1.82) is 0 Å². The topological polar surface area (TPSA) is 102 Å². The van der Waals surface area contributed by atoms with Gasteiger partial charge in [-0.3, -0.25) is 0 Å². The van der Waals surface area contributed by atoms with E-state index in [4.69, 9.17) is 9.88 Å². The van der Waals surface area contributed by atoms with Crippen molar-refractivity contribution in [3.8, 4) is 17.6 Å². The Morgan fingerprint density at radius 1 is 1.05 bits per heavy atom. The standard InChI is InChI=1S/C30H36F3N5O3S/c1-41-29-19-24(42(34,39)40)13-14-27(29)35-15-5-6-23-18-25-26(7-4-8-28(25)38(23)20-30(31,32)33)36-21-9-11-22(12-10-21)37-16-2-3-17-37/h4,7-8,13-14,18-19,21-22,35-36H,2-3,9-12,15-17,20H2,1H3,(H2,34,39,40)/t21-,22+. The second-order valence-electron chi connectivity index (χ2n) is 10.9. The first kappa shape index (κ1) is 30.1. The number of sulfonamides is 1. The van der Waals surface area contributed by atoms with Gasteiger partial charge in [0.2, 0.25) is 10.0 Å². The largest absolute Gasteiger partial charge is 0.495 e. The van der Waals surface area contributed by atoms with Crippen molar-refractivity contribution in [2.45, 2.75) is 68.2 Å². The molecular formula is C30H36F3N5O3S. The number of nitrogens with two attached hydrogens (primary N) is 1. The number of fused-ring (bicyclic) bond motifs is 1. The van der Waals surface area contributed by atoms with Crippen LogP contribution < -0.4 is 20.5 Å². The minimum atomic E-state index is -4.42. The number of methoxy groups -OCH3 is 1. The van der Waals surface area contributed by atoms with E-state index in [0.717, 1.165) is 31.4 Å². The lowest BCUT2D eigenvalue weighted by Gasteiger charge is -2.35. The van der Waals surface area contributed by atoms with Gasteiger partial charge in [-0.2, -0.15) is 13.2 Å². The number of alkyl halides is 3. The average Bonchev–Trinajstić information content (AvgIpc) is 3.60. The fourth-order valence-electron chi connectivity index (χ4n) is 6.04. The first-order chi connectivity index (χ1) is 20.0. The molecule has 0 amide bonds. The van der Waals surface area contributed by atoms with Crippen molar-refractivity contribution < 1.29 is 26.3 Å². The van der Waals surface area contributed by atoms with Gasteiger partial charge in [-0.1, -0.05) is 12.0 Å². The molecule has 1 saturated heterocycles. The van der Waals surface area contributed by atoms with Gasteiger partial charge in [0, 0.05) is 29.2 Å². The van der Waals surface area contributed by atoms with E-state index in [2.05, 4.69) is 27.4 Å².